The number of aromatic nitrogens is 2. The second kappa shape index (κ2) is 5.18. The van der Waals surface area contributed by atoms with Crippen LogP contribution in [0.3, 0.4) is 0 Å². The van der Waals surface area contributed by atoms with Gasteiger partial charge in [0.05, 0.1) is 11.2 Å². The van der Waals surface area contributed by atoms with Gasteiger partial charge in [0, 0.05) is 31.3 Å². The van der Waals surface area contributed by atoms with E-state index in [1.54, 1.807) is 0 Å². The van der Waals surface area contributed by atoms with Crippen LogP contribution in [0, 0.1) is 19.9 Å². The van der Waals surface area contributed by atoms with Crippen molar-refractivity contribution in [1.82, 2.24) is 9.97 Å². The summed E-state index contributed by atoms with van der Waals surface area (Å²) in [6, 6.07) is 17.8. The molecule has 0 saturated carbocycles. The second-order valence-electron chi connectivity index (χ2n) is 5.10. The van der Waals surface area contributed by atoms with Crippen molar-refractivity contribution in [3.63, 3.8) is 0 Å². The molecule has 0 fully saturated rings. The maximum absolute atomic E-state index is 4.77. The summed E-state index contributed by atoms with van der Waals surface area (Å²) in [6.07, 6.45) is 0. The second-order valence-corrected chi connectivity index (χ2v) is 5.10. The van der Waals surface area contributed by atoms with Crippen LogP contribution in [0.2, 0.25) is 0 Å². The SMILES string of the molecule is Cc1nc2c3[c-]cccc3c3ccccc3c2nc1C.[Ir]. The molecule has 1 heterocycles. The molecule has 0 amide bonds. The van der Waals surface area contributed by atoms with Crippen LogP contribution in [0.25, 0.3) is 32.6 Å². The molecular weight excluding hydrogens is 436 g/mol. The molecule has 1 aromatic heterocycles. The zero-order valence-corrected chi connectivity index (χ0v) is 14.2. The minimum Gasteiger partial charge on any atom is -0.297 e. The standard InChI is InChI=1S/C18H13N2.Ir/c1-11-12(2)20-18-16-10-6-4-8-14(16)13-7-3-5-9-15(13)17(18)19-11;/h3-9H,1-2H3;/q-1;. The van der Waals surface area contributed by atoms with Crippen molar-refractivity contribution in [3.05, 3.63) is 59.9 Å². The van der Waals surface area contributed by atoms with Crippen LogP contribution < -0.4 is 0 Å². The first-order chi connectivity index (χ1) is 9.75. The Kier molecular flexibility index (Phi) is 3.48. The van der Waals surface area contributed by atoms with E-state index in [9.17, 15) is 0 Å². The number of hydrogen-bond acceptors (Lipinski definition) is 2. The summed E-state index contributed by atoms with van der Waals surface area (Å²) < 4.78 is 0. The monoisotopic (exact) mass is 450 g/mol. The molecule has 3 aromatic carbocycles. The minimum absolute atomic E-state index is 0. The van der Waals surface area contributed by atoms with Crippen molar-refractivity contribution in [3.8, 4) is 0 Å². The Bertz CT molecular complexity index is 896. The van der Waals surface area contributed by atoms with Gasteiger partial charge in [0.2, 0.25) is 0 Å². The molecule has 0 saturated heterocycles. The molecule has 0 aliphatic heterocycles. The van der Waals surface area contributed by atoms with Crippen molar-refractivity contribution in [2.75, 3.05) is 0 Å². The number of nitrogens with zero attached hydrogens (tertiary/aromatic N) is 2. The van der Waals surface area contributed by atoms with Gasteiger partial charge in [-0.25, -0.2) is 0 Å². The van der Waals surface area contributed by atoms with E-state index >= 15 is 0 Å². The van der Waals surface area contributed by atoms with Gasteiger partial charge >= 0.3 is 0 Å². The van der Waals surface area contributed by atoms with E-state index in [1.807, 2.05) is 26.0 Å². The third kappa shape index (κ3) is 2.05. The molecule has 1 radical (unpaired) electrons. The Labute approximate surface area is 136 Å². The van der Waals surface area contributed by atoms with Crippen molar-refractivity contribution in [1.29, 1.82) is 0 Å². The zero-order chi connectivity index (χ0) is 13.7. The van der Waals surface area contributed by atoms with E-state index in [2.05, 4.69) is 36.4 Å². The molecule has 2 nitrogen and oxygen atoms in total. The van der Waals surface area contributed by atoms with Gasteiger partial charge in [0.15, 0.2) is 0 Å². The molecule has 0 bridgehead atoms. The summed E-state index contributed by atoms with van der Waals surface area (Å²) >= 11 is 0. The van der Waals surface area contributed by atoms with Gasteiger partial charge in [0.1, 0.15) is 0 Å². The number of benzene rings is 3. The van der Waals surface area contributed by atoms with Crippen LogP contribution >= 0.6 is 0 Å². The molecule has 4 aromatic rings. The zero-order valence-electron chi connectivity index (χ0n) is 11.8. The summed E-state index contributed by atoms with van der Waals surface area (Å²) in [7, 11) is 0. The van der Waals surface area contributed by atoms with Crippen LogP contribution in [0.5, 0.6) is 0 Å². The van der Waals surface area contributed by atoms with Crippen molar-refractivity contribution >= 4 is 32.6 Å². The average Bonchev–Trinajstić information content (AvgIpc) is 2.49. The van der Waals surface area contributed by atoms with Gasteiger partial charge in [-0.2, -0.15) is 0 Å². The predicted octanol–water partition coefficient (Wildman–Crippen LogP) is 4.35. The number of hydrogen-bond donors (Lipinski definition) is 0. The van der Waals surface area contributed by atoms with E-state index in [0.29, 0.717) is 0 Å². The largest absolute Gasteiger partial charge is 0.297 e. The maximum Gasteiger partial charge on any atom is 0.0573 e. The van der Waals surface area contributed by atoms with Gasteiger partial charge < -0.3 is 0 Å². The molecule has 0 spiro atoms. The maximum atomic E-state index is 4.77. The van der Waals surface area contributed by atoms with Crippen LogP contribution in [0.1, 0.15) is 11.4 Å². The Morgan fingerprint density at radius 3 is 2.14 bits per heavy atom. The quantitative estimate of drug-likeness (QED) is 0.295. The van der Waals surface area contributed by atoms with Gasteiger partial charge in [0.25, 0.3) is 0 Å². The van der Waals surface area contributed by atoms with Crippen LogP contribution in [-0.2, 0) is 20.1 Å². The molecule has 0 N–H and O–H groups in total. The molecule has 3 heteroatoms. The Balaban J connectivity index is 0.00000132. The number of fused-ring (bicyclic) bond motifs is 6. The van der Waals surface area contributed by atoms with Crippen molar-refractivity contribution in [2.45, 2.75) is 13.8 Å². The molecule has 0 aliphatic carbocycles. The van der Waals surface area contributed by atoms with Gasteiger partial charge in [-0.15, -0.1) is 29.7 Å². The van der Waals surface area contributed by atoms with E-state index < -0.39 is 0 Å². The number of aryl methyl sites for hydroxylation is 2. The molecule has 21 heavy (non-hydrogen) atoms. The topological polar surface area (TPSA) is 25.8 Å². The van der Waals surface area contributed by atoms with Crippen molar-refractivity contribution in [2.24, 2.45) is 0 Å². The Hall–Kier alpha value is -1.83. The summed E-state index contributed by atoms with van der Waals surface area (Å²) in [4.78, 5) is 9.53. The van der Waals surface area contributed by atoms with E-state index in [1.165, 1.54) is 10.8 Å². The fourth-order valence-corrected chi connectivity index (χ4v) is 2.75. The smallest absolute Gasteiger partial charge is 0.0573 e. The molecule has 0 atom stereocenters. The fourth-order valence-electron chi connectivity index (χ4n) is 2.75. The first kappa shape index (κ1) is 14.1. The van der Waals surface area contributed by atoms with Crippen LogP contribution in [-0.4, -0.2) is 9.97 Å². The van der Waals surface area contributed by atoms with E-state index in [-0.39, 0.29) is 20.1 Å². The average molecular weight is 450 g/mol. The predicted molar refractivity (Wildman–Crippen MR) is 82.9 cm³/mol. The Morgan fingerprint density at radius 2 is 1.38 bits per heavy atom. The summed E-state index contributed by atoms with van der Waals surface area (Å²) in [5, 5.41) is 4.61. The molecule has 0 aliphatic rings. The van der Waals surface area contributed by atoms with Crippen molar-refractivity contribution < 1.29 is 20.1 Å². The van der Waals surface area contributed by atoms with Crippen LogP contribution in [0.15, 0.2) is 42.5 Å². The number of rotatable bonds is 0. The summed E-state index contributed by atoms with van der Waals surface area (Å²) in [5.74, 6) is 0. The molecule has 4 rings (SSSR count). The van der Waals surface area contributed by atoms with Gasteiger partial charge in [-0.05, 0) is 19.2 Å². The van der Waals surface area contributed by atoms with Gasteiger partial charge in [-0.1, -0.05) is 35.0 Å². The van der Waals surface area contributed by atoms with Gasteiger partial charge in [-0.3, -0.25) is 9.97 Å². The normalized spacial score (nSPS) is 11.0. The third-order valence-corrected chi connectivity index (χ3v) is 3.87. The first-order valence-electron chi connectivity index (χ1n) is 6.72. The Morgan fingerprint density at radius 1 is 0.762 bits per heavy atom. The minimum atomic E-state index is 0. The third-order valence-electron chi connectivity index (χ3n) is 3.87. The summed E-state index contributed by atoms with van der Waals surface area (Å²) in [6.45, 7) is 4.02. The fraction of sp³-hybridized carbons (Fsp3) is 0.111. The summed E-state index contributed by atoms with van der Waals surface area (Å²) in [5.41, 5.74) is 3.88. The van der Waals surface area contributed by atoms with Crippen LogP contribution in [0.4, 0.5) is 0 Å². The van der Waals surface area contributed by atoms with E-state index in [4.69, 9.17) is 9.97 Å². The first-order valence-corrected chi connectivity index (χ1v) is 6.72. The van der Waals surface area contributed by atoms with E-state index in [0.717, 1.165) is 33.2 Å². The molecule has 0 unspecified atom stereocenters. The molecule has 105 valence electrons. The molecular formula is C18H13IrN2-.